The summed E-state index contributed by atoms with van der Waals surface area (Å²) in [5.74, 6) is 0.687. The van der Waals surface area contributed by atoms with E-state index in [1.807, 2.05) is 24.3 Å². The highest BCUT2D eigenvalue weighted by atomic mass is 16.6. The summed E-state index contributed by atoms with van der Waals surface area (Å²) in [6.45, 7) is 2.59. The third kappa shape index (κ3) is 6.25. The first kappa shape index (κ1) is 18.4. The minimum Gasteiger partial charge on any atom is -0.354 e. The van der Waals surface area contributed by atoms with Gasteiger partial charge in [0, 0.05) is 31.8 Å². The van der Waals surface area contributed by atoms with Crippen LogP contribution in [0.1, 0.15) is 24.5 Å². The second-order valence-corrected chi connectivity index (χ2v) is 5.92. The molecule has 0 aromatic heterocycles. The molecular formula is C19H24N4O2. The van der Waals surface area contributed by atoms with Gasteiger partial charge in [-0.1, -0.05) is 42.5 Å². The second-order valence-electron chi connectivity index (χ2n) is 5.92. The van der Waals surface area contributed by atoms with Gasteiger partial charge in [0.15, 0.2) is 5.96 Å². The molecule has 2 aromatic rings. The zero-order valence-corrected chi connectivity index (χ0v) is 14.6. The summed E-state index contributed by atoms with van der Waals surface area (Å²) in [5.41, 5.74) is 2.25. The minimum absolute atomic E-state index is 0.0958. The third-order valence-corrected chi connectivity index (χ3v) is 3.90. The molecule has 0 bridgehead atoms. The van der Waals surface area contributed by atoms with Gasteiger partial charge in [0.2, 0.25) is 0 Å². The maximum atomic E-state index is 10.8. The van der Waals surface area contributed by atoms with Gasteiger partial charge in [0.25, 0.3) is 5.69 Å². The van der Waals surface area contributed by atoms with Crippen molar-refractivity contribution < 1.29 is 4.92 Å². The highest BCUT2D eigenvalue weighted by molar-refractivity contribution is 5.79. The quantitative estimate of drug-likeness (QED) is 0.351. The van der Waals surface area contributed by atoms with Crippen LogP contribution in [-0.2, 0) is 13.0 Å². The van der Waals surface area contributed by atoms with E-state index in [1.54, 1.807) is 19.2 Å². The Bertz CT molecular complexity index is 716. The van der Waals surface area contributed by atoms with Crippen molar-refractivity contribution in [3.63, 3.8) is 0 Å². The molecule has 0 radical (unpaired) electrons. The molecule has 0 fully saturated rings. The van der Waals surface area contributed by atoms with Crippen LogP contribution in [0, 0.1) is 10.1 Å². The average Bonchev–Trinajstić information content (AvgIpc) is 2.64. The molecule has 6 nitrogen and oxygen atoms in total. The highest BCUT2D eigenvalue weighted by Gasteiger charge is 2.08. The van der Waals surface area contributed by atoms with Gasteiger partial charge in [-0.2, -0.15) is 0 Å². The van der Waals surface area contributed by atoms with E-state index in [4.69, 9.17) is 0 Å². The van der Waals surface area contributed by atoms with Crippen LogP contribution < -0.4 is 10.6 Å². The Kier molecular flexibility index (Phi) is 6.95. The van der Waals surface area contributed by atoms with Crippen LogP contribution >= 0.6 is 0 Å². The lowest BCUT2D eigenvalue weighted by Crippen LogP contribution is -2.42. The van der Waals surface area contributed by atoms with Gasteiger partial charge in [0.05, 0.1) is 4.92 Å². The predicted octanol–water partition coefficient (Wildman–Crippen LogP) is 3.28. The van der Waals surface area contributed by atoms with Crippen LogP contribution in [0.3, 0.4) is 0 Å². The number of nitro benzene ring substituents is 1. The van der Waals surface area contributed by atoms with Crippen molar-refractivity contribution in [2.45, 2.75) is 32.4 Å². The number of nitro groups is 1. The van der Waals surface area contributed by atoms with Gasteiger partial charge >= 0.3 is 0 Å². The van der Waals surface area contributed by atoms with Crippen LogP contribution in [0.5, 0.6) is 0 Å². The summed E-state index contributed by atoms with van der Waals surface area (Å²) in [5, 5.41) is 17.4. The number of rotatable bonds is 7. The highest BCUT2D eigenvalue weighted by Crippen LogP contribution is 2.12. The molecule has 0 saturated heterocycles. The van der Waals surface area contributed by atoms with Crippen molar-refractivity contribution in [3.8, 4) is 0 Å². The molecule has 1 atom stereocenters. The van der Waals surface area contributed by atoms with E-state index in [0.29, 0.717) is 12.5 Å². The minimum atomic E-state index is -0.387. The first-order valence-electron chi connectivity index (χ1n) is 8.33. The molecule has 2 aromatic carbocycles. The van der Waals surface area contributed by atoms with Crippen LogP contribution in [0.25, 0.3) is 0 Å². The van der Waals surface area contributed by atoms with E-state index in [0.717, 1.165) is 18.4 Å². The van der Waals surface area contributed by atoms with Gasteiger partial charge in [-0.3, -0.25) is 15.1 Å². The number of nitrogens with zero attached hydrogens (tertiary/aromatic N) is 2. The number of hydrogen-bond acceptors (Lipinski definition) is 3. The summed E-state index contributed by atoms with van der Waals surface area (Å²) in [4.78, 5) is 14.7. The zero-order valence-electron chi connectivity index (χ0n) is 14.6. The molecule has 0 saturated carbocycles. The van der Waals surface area contributed by atoms with Crippen molar-refractivity contribution in [3.05, 3.63) is 75.8 Å². The zero-order chi connectivity index (χ0) is 18.1. The van der Waals surface area contributed by atoms with Crippen LogP contribution in [-0.4, -0.2) is 24.0 Å². The number of non-ortho nitro benzene ring substituents is 1. The van der Waals surface area contributed by atoms with Crippen molar-refractivity contribution in [2.24, 2.45) is 4.99 Å². The summed E-state index contributed by atoms with van der Waals surface area (Å²) >= 11 is 0. The lowest BCUT2D eigenvalue weighted by Gasteiger charge is -2.18. The molecule has 2 rings (SSSR count). The Morgan fingerprint density at radius 3 is 2.56 bits per heavy atom. The fourth-order valence-corrected chi connectivity index (χ4v) is 2.49. The summed E-state index contributed by atoms with van der Waals surface area (Å²) < 4.78 is 0. The number of aliphatic imine (C=N–C) groups is 1. The standard InChI is InChI=1S/C19H24N4O2/c1-15(11-12-16-7-4-3-5-8-16)22-19(20-2)21-14-17-9-6-10-18(13-17)23(24)25/h3-10,13,15H,11-12,14H2,1-2H3,(H2,20,21,22). The third-order valence-electron chi connectivity index (χ3n) is 3.90. The molecule has 0 aliphatic rings. The molecule has 0 heterocycles. The van der Waals surface area contributed by atoms with Gasteiger partial charge in [-0.15, -0.1) is 0 Å². The largest absolute Gasteiger partial charge is 0.354 e. The lowest BCUT2D eigenvalue weighted by molar-refractivity contribution is -0.384. The Balaban J connectivity index is 1.82. The lowest BCUT2D eigenvalue weighted by atomic mass is 10.1. The molecule has 1 unspecified atom stereocenters. The monoisotopic (exact) mass is 340 g/mol. The van der Waals surface area contributed by atoms with Gasteiger partial charge < -0.3 is 10.6 Å². The molecule has 25 heavy (non-hydrogen) atoms. The van der Waals surface area contributed by atoms with Gasteiger partial charge in [0.1, 0.15) is 0 Å². The molecular weight excluding hydrogens is 316 g/mol. The van der Waals surface area contributed by atoms with Gasteiger partial charge in [-0.05, 0) is 30.9 Å². The molecule has 132 valence electrons. The SMILES string of the molecule is CN=C(NCc1cccc([N+](=O)[O-])c1)NC(C)CCc1ccccc1. The summed E-state index contributed by atoms with van der Waals surface area (Å²) in [6.07, 6.45) is 1.98. The fourth-order valence-electron chi connectivity index (χ4n) is 2.49. The van der Waals surface area contributed by atoms with E-state index in [-0.39, 0.29) is 16.7 Å². The van der Waals surface area contributed by atoms with Crippen molar-refractivity contribution >= 4 is 11.6 Å². The topological polar surface area (TPSA) is 79.6 Å². The second kappa shape index (κ2) is 9.42. The molecule has 0 aliphatic carbocycles. The number of guanidine groups is 1. The molecule has 0 spiro atoms. The Labute approximate surface area is 148 Å². The first-order chi connectivity index (χ1) is 12.1. The first-order valence-corrected chi connectivity index (χ1v) is 8.33. The van der Waals surface area contributed by atoms with Crippen LogP contribution in [0.15, 0.2) is 59.6 Å². The van der Waals surface area contributed by atoms with Crippen molar-refractivity contribution in [2.75, 3.05) is 7.05 Å². The van der Waals surface area contributed by atoms with E-state index in [2.05, 4.69) is 34.7 Å². The fraction of sp³-hybridized carbons (Fsp3) is 0.316. The number of nitrogens with one attached hydrogen (secondary N) is 2. The van der Waals surface area contributed by atoms with E-state index < -0.39 is 0 Å². The summed E-state index contributed by atoms with van der Waals surface area (Å²) in [6, 6.07) is 17.2. The summed E-state index contributed by atoms with van der Waals surface area (Å²) in [7, 11) is 1.71. The average molecular weight is 340 g/mol. The van der Waals surface area contributed by atoms with Crippen LogP contribution in [0.4, 0.5) is 5.69 Å². The Hall–Kier alpha value is -2.89. The Morgan fingerprint density at radius 1 is 1.16 bits per heavy atom. The number of benzene rings is 2. The number of hydrogen-bond donors (Lipinski definition) is 2. The molecule has 2 N–H and O–H groups in total. The Morgan fingerprint density at radius 2 is 1.88 bits per heavy atom. The normalized spacial score (nSPS) is 12.5. The van der Waals surface area contributed by atoms with E-state index >= 15 is 0 Å². The van der Waals surface area contributed by atoms with E-state index in [9.17, 15) is 10.1 Å². The smallest absolute Gasteiger partial charge is 0.269 e. The maximum absolute atomic E-state index is 10.8. The molecule has 0 aliphatic heterocycles. The van der Waals surface area contributed by atoms with Crippen molar-refractivity contribution in [1.82, 2.24) is 10.6 Å². The predicted molar refractivity (Wildman–Crippen MR) is 101 cm³/mol. The van der Waals surface area contributed by atoms with Gasteiger partial charge in [-0.25, -0.2) is 0 Å². The van der Waals surface area contributed by atoms with E-state index in [1.165, 1.54) is 11.6 Å². The number of aryl methyl sites for hydroxylation is 1. The maximum Gasteiger partial charge on any atom is 0.269 e. The molecule has 0 amide bonds. The van der Waals surface area contributed by atoms with Crippen LogP contribution in [0.2, 0.25) is 0 Å². The molecule has 6 heteroatoms. The van der Waals surface area contributed by atoms with Crippen molar-refractivity contribution in [1.29, 1.82) is 0 Å².